The zero-order valence-corrected chi connectivity index (χ0v) is 38.6. The average molecular weight is 855 g/mol. The zero-order valence-electron chi connectivity index (χ0n) is 37.8. The van der Waals surface area contributed by atoms with Gasteiger partial charge in [0.1, 0.15) is 11.2 Å². The summed E-state index contributed by atoms with van der Waals surface area (Å²) in [7, 11) is 0. The summed E-state index contributed by atoms with van der Waals surface area (Å²) in [5, 5.41) is 3.58. The molecule has 0 unspecified atom stereocenters. The molecule has 14 rings (SSSR count). The molecule has 312 valence electrons. The monoisotopic (exact) mass is 854 g/mol. The molecule has 0 bridgehead atoms. The van der Waals surface area contributed by atoms with E-state index in [4.69, 9.17) is 4.42 Å². The van der Waals surface area contributed by atoms with Gasteiger partial charge in [-0.3, -0.25) is 0 Å². The maximum atomic E-state index is 6.43. The van der Waals surface area contributed by atoms with E-state index in [9.17, 15) is 0 Å². The van der Waals surface area contributed by atoms with Crippen molar-refractivity contribution in [1.29, 1.82) is 0 Å². The quantitative estimate of drug-likeness (QED) is 0.162. The van der Waals surface area contributed by atoms with Crippen LogP contribution < -0.4 is 25.5 Å². The normalized spacial score (nSPS) is 15.8. The highest BCUT2D eigenvalue weighted by Gasteiger charge is 2.48. The van der Waals surface area contributed by atoms with E-state index in [0.717, 1.165) is 27.6 Å². The van der Waals surface area contributed by atoms with Crippen molar-refractivity contribution in [1.82, 2.24) is 0 Å². The third kappa shape index (κ3) is 4.87. The number of fused-ring (bicyclic) bond motifs is 15. The molecule has 3 nitrogen and oxygen atoms in total. The molecule has 0 radical (unpaired) electrons. The summed E-state index contributed by atoms with van der Waals surface area (Å²) in [6.45, 7) is 16.6. The molecule has 0 N–H and O–H groups in total. The fourth-order valence-corrected chi connectivity index (χ4v) is 13.6. The van der Waals surface area contributed by atoms with Crippen molar-refractivity contribution >= 4 is 99.9 Å². The standard InChI is InChI=1S/C60H47BN2OS/c1-58(2,3)34-23-28-54-43(29-34)56-57(65-54)61-48-33-47-41(38-16-9-12-19-45(38)60(47,6)7)32-51(48)62(35-24-26-46-40(30-35)37-15-8-11-18-44(37)59(46,4)5)49-20-14-21-50(55(49)61)63(56)36-25-27-53-42(31-36)39-17-10-13-22-52(39)64-53/h8-33H,1-7H3. The van der Waals surface area contributed by atoms with Crippen molar-refractivity contribution in [3.63, 3.8) is 0 Å². The van der Waals surface area contributed by atoms with Gasteiger partial charge in [0.25, 0.3) is 6.71 Å². The first-order valence-corrected chi connectivity index (χ1v) is 23.9. The van der Waals surface area contributed by atoms with E-state index in [1.54, 1.807) is 0 Å². The average Bonchev–Trinajstić information content (AvgIpc) is 4.00. The highest BCUT2D eigenvalue weighted by atomic mass is 32.1. The highest BCUT2D eigenvalue weighted by molar-refractivity contribution is 7.33. The second kappa shape index (κ2) is 12.5. The fourth-order valence-electron chi connectivity index (χ4n) is 12.3. The van der Waals surface area contributed by atoms with Gasteiger partial charge in [0.15, 0.2) is 0 Å². The number of thiophene rings is 1. The van der Waals surface area contributed by atoms with Crippen molar-refractivity contribution in [3.8, 4) is 22.3 Å². The summed E-state index contributed by atoms with van der Waals surface area (Å²) >= 11 is 1.97. The Labute approximate surface area is 384 Å². The van der Waals surface area contributed by atoms with Gasteiger partial charge in [0.2, 0.25) is 0 Å². The van der Waals surface area contributed by atoms with E-state index in [1.165, 1.54) is 104 Å². The number of hydrogen-bond donors (Lipinski definition) is 0. The van der Waals surface area contributed by atoms with Crippen LogP contribution in [0.4, 0.5) is 34.1 Å². The molecule has 2 aliphatic carbocycles. The molecule has 5 heteroatoms. The Hall–Kier alpha value is -6.82. The third-order valence-electron chi connectivity index (χ3n) is 15.6. The SMILES string of the molecule is CC(C)(C)c1ccc2sc3c(c2c1)N(c1ccc2oc4ccccc4c2c1)c1cccc2c1B3c1cc3c(cc1N2c1ccc2c(c1)-c1ccccc1C2(C)C)-c1ccccc1C3(C)C. The number of benzene rings is 8. The van der Waals surface area contributed by atoms with Crippen LogP contribution in [0.3, 0.4) is 0 Å². The maximum absolute atomic E-state index is 6.43. The molecular formula is C60H47BN2OS. The predicted octanol–water partition coefficient (Wildman–Crippen LogP) is 14.8. The molecule has 4 aliphatic rings. The number of furan rings is 1. The van der Waals surface area contributed by atoms with Crippen LogP contribution in [-0.2, 0) is 16.2 Å². The lowest BCUT2D eigenvalue weighted by atomic mass is 9.36. The Balaban J connectivity index is 1.09. The molecule has 0 amide bonds. The van der Waals surface area contributed by atoms with Gasteiger partial charge in [-0.25, -0.2) is 0 Å². The van der Waals surface area contributed by atoms with E-state index in [2.05, 4.69) is 216 Å². The van der Waals surface area contributed by atoms with Crippen LogP contribution in [0.2, 0.25) is 0 Å². The molecule has 0 saturated heterocycles. The number of rotatable bonds is 2. The lowest BCUT2D eigenvalue weighted by molar-refractivity contribution is 0.591. The predicted molar refractivity (Wildman–Crippen MR) is 277 cm³/mol. The summed E-state index contributed by atoms with van der Waals surface area (Å²) in [6.07, 6.45) is 0. The molecule has 8 aromatic carbocycles. The van der Waals surface area contributed by atoms with Crippen LogP contribution in [0.5, 0.6) is 0 Å². The van der Waals surface area contributed by atoms with E-state index < -0.39 is 0 Å². The van der Waals surface area contributed by atoms with Crippen molar-refractivity contribution in [3.05, 3.63) is 186 Å². The first kappa shape index (κ1) is 37.5. The summed E-state index contributed by atoms with van der Waals surface area (Å²) in [4.78, 5) is 5.20. The van der Waals surface area contributed by atoms with Gasteiger partial charge < -0.3 is 14.2 Å². The zero-order chi connectivity index (χ0) is 43.9. The smallest absolute Gasteiger partial charge is 0.264 e. The van der Waals surface area contributed by atoms with Crippen molar-refractivity contribution in [2.24, 2.45) is 0 Å². The largest absolute Gasteiger partial charge is 0.456 e. The van der Waals surface area contributed by atoms with Crippen LogP contribution >= 0.6 is 11.3 Å². The van der Waals surface area contributed by atoms with E-state index in [0.29, 0.717) is 0 Å². The van der Waals surface area contributed by atoms with Crippen molar-refractivity contribution in [2.45, 2.75) is 64.7 Å². The van der Waals surface area contributed by atoms with Gasteiger partial charge >= 0.3 is 0 Å². The molecule has 0 atom stereocenters. The molecule has 0 fully saturated rings. The molecule has 65 heavy (non-hydrogen) atoms. The van der Waals surface area contributed by atoms with Gasteiger partial charge in [-0.2, -0.15) is 0 Å². The highest BCUT2D eigenvalue weighted by Crippen LogP contribution is 2.55. The van der Waals surface area contributed by atoms with Gasteiger partial charge in [0.05, 0.1) is 5.69 Å². The van der Waals surface area contributed by atoms with Crippen LogP contribution in [0.1, 0.15) is 76.3 Å². The topological polar surface area (TPSA) is 19.6 Å². The molecule has 2 aromatic heterocycles. The number of hydrogen-bond acceptors (Lipinski definition) is 4. The van der Waals surface area contributed by atoms with Gasteiger partial charge in [-0.05, 0) is 133 Å². The molecular weight excluding hydrogens is 808 g/mol. The third-order valence-corrected chi connectivity index (χ3v) is 16.8. The first-order chi connectivity index (χ1) is 31.4. The van der Waals surface area contributed by atoms with Gasteiger partial charge in [0, 0.05) is 64.9 Å². The van der Waals surface area contributed by atoms with Crippen LogP contribution in [0.15, 0.2) is 162 Å². The number of nitrogens with zero attached hydrogens (tertiary/aromatic N) is 2. The minimum atomic E-state index is -0.150. The van der Waals surface area contributed by atoms with E-state index in [1.807, 2.05) is 11.3 Å². The van der Waals surface area contributed by atoms with Crippen LogP contribution in [0, 0.1) is 0 Å². The summed E-state index contributed by atoms with van der Waals surface area (Å²) in [5.41, 5.74) is 23.9. The number of anilines is 6. The number of para-hydroxylation sites is 1. The second-order valence-electron chi connectivity index (χ2n) is 20.9. The molecule has 4 heterocycles. The maximum Gasteiger partial charge on any atom is 0.264 e. The molecule has 2 aliphatic heterocycles. The lowest BCUT2D eigenvalue weighted by Gasteiger charge is -2.43. The van der Waals surface area contributed by atoms with Crippen LogP contribution in [0.25, 0.3) is 54.3 Å². The second-order valence-corrected chi connectivity index (χ2v) is 22.0. The molecule has 10 aromatic rings. The Morgan fingerprint density at radius 1 is 0.492 bits per heavy atom. The fraction of sp³-hybridized carbons (Fsp3) is 0.167. The van der Waals surface area contributed by atoms with Crippen molar-refractivity contribution < 1.29 is 4.42 Å². The molecule has 0 spiro atoms. The van der Waals surface area contributed by atoms with Gasteiger partial charge in [-0.15, -0.1) is 11.3 Å². The Morgan fingerprint density at radius 3 is 1.89 bits per heavy atom. The minimum Gasteiger partial charge on any atom is -0.456 e. The summed E-state index contributed by atoms with van der Waals surface area (Å²) in [6, 6.07) is 60.1. The Kier molecular flexibility index (Phi) is 7.22. The first-order valence-electron chi connectivity index (χ1n) is 23.1. The van der Waals surface area contributed by atoms with E-state index >= 15 is 0 Å². The van der Waals surface area contributed by atoms with E-state index in [-0.39, 0.29) is 23.0 Å². The summed E-state index contributed by atoms with van der Waals surface area (Å²) in [5.74, 6) is 0. The summed E-state index contributed by atoms with van der Waals surface area (Å²) < 4.78 is 9.13. The molecule has 0 saturated carbocycles. The minimum absolute atomic E-state index is 0.00707. The Morgan fingerprint density at radius 2 is 1.12 bits per heavy atom. The van der Waals surface area contributed by atoms with Gasteiger partial charge in [-0.1, -0.05) is 139 Å². The van der Waals surface area contributed by atoms with Crippen LogP contribution in [-0.4, -0.2) is 6.71 Å². The van der Waals surface area contributed by atoms with Crippen molar-refractivity contribution in [2.75, 3.05) is 9.80 Å². The lowest BCUT2D eigenvalue weighted by Crippen LogP contribution is -2.60. The Bertz CT molecular complexity index is 3750.